The van der Waals surface area contributed by atoms with Crippen LogP contribution in [0.25, 0.3) is 0 Å². The molecule has 1 N–H and O–H groups in total. The first-order valence-corrected chi connectivity index (χ1v) is 13.8. The van der Waals surface area contributed by atoms with Crippen molar-refractivity contribution in [1.82, 2.24) is 30.2 Å². The zero-order valence-corrected chi connectivity index (χ0v) is 21.1. The summed E-state index contributed by atoms with van der Waals surface area (Å²) in [5.41, 5.74) is 3.67. The standard InChI is InChI=1S/C27H34N6O4/c34-26(17-3-4-23-24(10-17)30-31-29-23)32-12-19-14-33(15-20(19)13-32)27(35)18-9-22(16-1-2-16)25(28-11-18)37-21-5-7-36-8-6-21/h9,11,16-17,19-21H,1-8,10,12-15H2,(H,29,30,31)/t17-,19+,20?/m1/s1. The number of likely N-dealkylation sites (tertiary alicyclic amines) is 2. The third kappa shape index (κ3) is 4.49. The molecule has 3 aliphatic heterocycles. The second-order valence-electron chi connectivity index (χ2n) is 11.5. The lowest BCUT2D eigenvalue weighted by Crippen LogP contribution is -2.40. The molecule has 3 saturated heterocycles. The molecular weight excluding hydrogens is 472 g/mol. The summed E-state index contributed by atoms with van der Waals surface area (Å²) >= 11 is 0. The Morgan fingerprint density at radius 1 is 0.946 bits per heavy atom. The Bertz CT molecular complexity index is 1180. The molecule has 1 saturated carbocycles. The molecule has 7 rings (SSSR count). The van der Waals surface area contributed by atoms with Crippen molar-refractivity contribution >= 4 is 11.8 Å². The van der Waals surface area contributed by atoms with Crippen molar-refractivity contribution in [2.24, 2.45) is 17.8 Å². The maximum absolute atomic E-state index is 13.5. The zero-order valence-electron chi connectivity index (χ0n) is 21.1. The number of fused-ring (bicyclic) bond motifs is 2. The van der Waals surface area contributed by atoms with Crippen molar-refractivity contribution in [2.45, 2.75) is 57.0 Å². The van der Waals surface area contributed by atoms with E-state index in [-0.39, 0.29) is 23.8 Å². The molecule has 0 bridgehead atoms. The fourth-order valence-corrected chi connectivity index (χ4v) is 6.60. The Labute approximate surface area is 216 Å². The van der Waals surface area contributed by atoms with E-state index in [2.05, 4.69) is 20.4 Å². The van der Waals surface area contributed by atoms with E-state index < -0.39 is 0 Å². The number of pyridine rings is 1. The first-order valence-electron chi connectivity index (χ1n) is 13.8. The van der Waals surface area contributed by atoms with Crippen LogP contribution in [0.15, 0.2) is 12.3 Å². The van der Waals surface area contributed by atoms with Crippen LogP contribution in [0.5, 0.6) is 5.88 Å². The van der Waals surface area contributed by atoms with Crippen LogP contribution in [0.4, 0.5) is 0 Å². The Kier molecular flexibility index (Phi) is 5.86. The average Bonchev–Trinajstić information content (AvgIpc) is 3.33. The summed E-state index contributed by atoms with van der Waals surface area (Å²) in [5, 5.41) is 11.1. The van der Waals surface area contributed by atoms with E-state index in [9.17, 15) is 9.59 Å². The average molecular weight is 507 g/mol. The number of ether oxygens (including phenoxy) is 2. The number of carbonyl (C=O) groups excluding carboxylic acids is 2. The maximum atomic E-state index is 13.5. The van der Waals surface area contributed by atoms with Crippen molar-refractivity contribution in [3.63, 3.8) is 0 Å². The lowest BCUT2D eigenvalue weighted by molar-refractivity contribution is -0.135. The molecule has 37 heavy (non-hydrogen) atoms. The molecule has 2 aromatic rings. The summed E-state index contributed by atoms with van der Waals surface area (Å²) in [6.07, 6.45) is 8.14. The van der Waals surface area contributed by atoms with E-state index in [1.54, 1.807) is 6.20 Å². The van der Waals surface area contributed by atoms with Crippen molar-refractivity contribution < 1.29 is 19.1 Å². The number of hydrogen-bond acceptors (Lipinski definition) is 7. The molecule has 1 unspecified atom stereocenters. The molecule has 4 fully saturated rings. The largest absolute Gasteiger partial charge is 0.474 e. The van der Waals surface area contributed by atoms with E-state index in [0.717, 1.165) is 81.8 Å². The van der Waals surface area contributed by atoms with Gasteiger partial charge in [0, 0.05) is 75.0 Å². The molecule has 0 spiro atoms. The van der Waals surface area contributed by atoms with Gasteiger partial charge in [-0.3, -0.25) is 9.59 Å². The quantitative estimate of drug-likeness (QED) is 0.660. The molecule has 2 amide bonds. The van der Waals surface area contributed by atoms with Crippen molar-refractivity contribution in [3.8, 4) is 5.88 Å². The summed E-state index contributed by atoms with van der Waals surface area (Å²) in [6, 6.07) is 2.02. The number of carbonyl (C=O) groups is 2. The van der Waals surface area contributed by atoms with Gasteiger partial charge in [0.05, 0.1) is 30.2 Å². The molecule has 10 heteroatoms. The minimum Gasteiger partial charge on any atom is -0.474 e. The number of aromatic amines is 1. The van der Waals surface area contributed by atoms with Gasteiger partial charge in [-0.15, -0.1) is 0 Å². The smallest absolute Gasteiger partial charge is 0.255 e. The SMILES string of the molecule is O=C(c1cnc(OC2CCOCC2)c(C2CC2)c1)N1CC2CN(C(=O)[C@@H]3CCc4n[nH]nc4C3)C[C@H]2C1. The molecule has 2 aromatic heterocycles. The first-order chi connectivity index (χ1) is 18.1. The van der Waals surface area contributed by atoms with Crippen molar-refractivity contribution in [1.29, 1.82) is 0 Å². The van der Waals surface area contributed by atoms with Crippen LogP contribution in [0.1, 0.15) is 65.3 Å². The minimum atomic E-state index is -0.0112. The number of rotatable bonds is 5. The van der Waals surface area contributed by atoms with E-state index in [1.165, 1.54) is 0 Å². The highest BCUT2D eigenvalue weighted by atomic mass is 16.5. The molecule has 3 atom stereocenters. The summed E-state index contributed by atoms with van der Waals surface area (Å²) in [6.45, 7) is 4.32. The Morgan fingerprint density at radius 2 is 1.68 bits per heavy atom. The monoisotopic (exact) mass is 506 g/mol. The second kappa shape index (κ2) is 9.38. The van der Waals surface area contributed by atoms with Gasteiger partial charge in [0.2, 0.25) is 11.8 Å². The number of H-pyrrole nitrogens is 1. The van der Waals surface area contributed by atoms with Gasteiger partial charge in [0.1, 0.15) is 6.10 Å². The highest BCUT2D eigenvalue weighted by Crippen LogP contribution is 2.44. The van der Waals surface area contributed by atoms with Crippen LogP contribution in [0.3, 0.4) is 0 Å². The van der Waals surface area contributed by atoms with Gasteiger partial charge in [-0.05, 0) is 37.7 Å². The number of aryl methyl sites for hydroxylation is 1. The molecule has 10 nitrogen and oxygen atoms in total. The molecule has 0 radical (unpaired) electrons. The van der Waals surface area contributed by atoms with Crippen molar-refractivity contribution in [3.05, 3.63) is 34.8 Å². The van der Waals surface area contributed by atoms with Crippen LogP contribution < -0.4 is 4.74 Å². The van der Waals surface area contributed by atoms with E-state index in [0.29, 0.717) is 48.7 Å². The molecule has 196 valence electrons. The Hall–Kier alpha value is -3.01. The minimum absolute atomic E-state index is 0.0112. The lowest BCUT2D eigenvalue weighted by atomic mass is 9.89. The molecule has 5 aliphatic rings. The van der Waals surface area contributed by atoms with E-state index in [4.69, 9.17) is 9.47 Å². The lowest BCUT2D eigenvalue weighted by Gasteiger charge is -2.27. The second-order valence-corrected chi connectivity index (χ2v) is 11.5. The fraction of sp³-hybridized carbons (Fsp3) is 0.667. The van der Waals surface area contributed by atoms with E-state index in [1.807, 2.05) is 15.9 Å². The van der Waals surface area contributed by atoms with Gasteiger partial charge in [-0.1, -0.05) is 0 Å². The fourth-order valence-electron chi connectivity index (χ4n) is 6.60. The van der Waals surface area contributed by atoms with Gasteiger partial charge in [-0.25, -0.2) is 4.98 Å². The zero-order chi connectivity index (χ0) is 24.9. The molecule has 0 aromatic carbocycles. The predicted molar refractivity (Wildman–Crippen MR) is 132 cm³/mol. The first kappa shape index (κ1) is 23.1. The third-order valence-corrected chi connectivity index (χ3v) is 8.90. The van der Waals surface area contributed by atoms with Crippen LogP contribution in [0, 0.1) is 17.8 Å². The highest BCUT2D eigenvalue weighted by molar-refractivity contribution is 5.94. The third-order valence-electron chi connectivity index (χ3n) is 8.90. The number of amides is 2. The van der Waals surface area contributed by atoms with E-state index >= 15 is 0 Å². The summed E-state index contributed by atoms with van der Waals surface area (Å²) < 4.78 is 11.7. The number of nitrogens with one attached hydrogen (secondary N) is 1. The van der Waals surface area contributed by atoms with Gasteiger partial charge in [0.25, 0.3) is 5.91 Å². The number of nitrogens with zero attached hydrogens (tertiary/aromatic N) is 5. The van der Waals surface area contributed by atoms with Crippen LogP contribution in [0.2, 0.25) is 0 Å². The van der Waals surface area contributed by atoms with Crippen molar-refractivity contribution in [2.75, 3.05) is 39.4 Å². The number of hydrogen-bond donors (Lipinski definition) is 1. The predicted octanol–water partition coefficient (Wildman–Crippen LogP) is 1.97. The Morgan fingerprint density at radius 3 is 2.43 bits per heavy atom. The summed E-state index contributed by atoms with van der Waals surface area (Å²) in [5.74, 6) is 2.09. The molecular formula is C27H34N6O4. The number of aromatic nitrogens is 4. The van der Waals surface area contributed by atoms with Gasteiger partial charge in [-0.2, -0.15) is 15.4 Å². The maximum Gasteiger partial charge on any atom is 0.255 e. The highest BCUT2D eigenvalue weighted by Gasteiger charge is 2.45. The van der Waals surface area contributed by atoms with Crippen LogP contribution >= 0.6 is 0 Å². The van der Waals surface area contributed by atoms with Gasteiger partial charge < -0.3 is 19.3 Å². The summed E-state index contributed by atoms with van der Waals surface area (Å²) in [4.78, 5) is 35.3. The van der Waals surface area contributed by atoms with Gasteiger partial charge in [0.15, 0.2) is 0 Å². The Balaban J connectivity index is 0.981. The molecule has 2 aliphatic carbocycles. The summed E-state index contributed by atoms with van der Waals surface area (Å²) in [7, 11) is 0. The van der Waals surface area contributed by atoms with Gasteiger partial charge >= 0.3 is 0 Å². The van der Waals surface area contributed by atoms with Crippen LogP contribution in [-0.4, -0.2) is 87.5 Å². The van der Waals surface area contributed by atoms with Crippen LogP contribution in [-0.2, 0) is 22.4 Å². The normalized spacial score (nSPS) is 27.7. The molecule has 5 heterocycles. The topological polar surface area (TPSA) is 114 Å².